The first-order chi connectivity index (χ1) is 12.2. The van der Waals surface area contributed by atoms with Gasteiger partial charge < -0.3 is 14.8 Å². The molecule has 1 aliphatic rings. The third-order valence-corrected chi connectivity index (χ3v) is 4.09. The fourth-order valence-electron chi connectivity index (χ4n) is 2.64. The van der Waals surface area contributed by atoms with Crippen LogP contribution in [0.4, 0.5) is 5.69 Å². The van der Waals surface area contributed by atoms with E-state index in [1.165, 1.54) is 5.56 Å². The van der Waals surface area contributed by atoms with E-state index < -0.39 is 0 Å². The number of carbonyl (C=O) groups is 2. The minimum Gasteiger partial charge on any atom is -0.486 e. The van der Waals surface area contributed by atoms with Gasteiger partial charge in [-0.2, -0.15) is 0 Å². The average molecular weight is 339 g/mol. The van der Waals surface area contributed by atoms with Gasteiger partial charge in [-0.15, -0.1) is 0 Å². The van der Waals surface area contributed by atoms with Crippen LogP contribution in [-0.2, 0) is 11.2 Å². The molecule has 5 heteroatoms. The Morgan fingerprint density at radius 2 is 1.68 bits per heavy atom. The van der Waals surface area contributed by atoms with E-state index in [-0.39, 0.29) is 24.5 Å². The minimum absolute atomic E-state index is 0.0894. The second-order valence-corrected chi connectivity index (χ2v) is 5.88. The number of benzene rings is 2. The lowest BCUT2D eigenvalue weighted by molar-refractivity contribution is -0.116. The Balaban J connectivity index is 1.53. The van der Waals surface area contributed by atoms with Gasteiger partial charge in [-0.3, -0.25) is 9.59 Å². The van der Waals surface area contributed by atoms with Crippen LogP contribution in [0.1, 0.15) is 35.7 Å². The highest BCUT2D eigenvalue weighted by Crippen LogP contribution is 2.31. The zero-order valence-electron chi connectivity index (χ0n) is 14.2. The lowest BCUT2D eigenvalue weighted by Gasteiger charge is -2.18. The number of carbonyl (C=O) groups excluding carboxylic acids is 2. The maximum atomic E-state index is 12.3. The van der Waals surface area contributed by atoms with E-state index in [0.29, 0.717) is 30.3 Å². The Morgan fingerprint density at radius 3 is 2.40 bits per heavy atom. The number of Topliss-reactive ketones (excluding diaryl/α,β-unsaturated/α-hetero) is 1. The van der Waals surface area contributed by atoms with Crippen molar-refractivity contribution in [3.63, 3.8) is 0 Å². The minimum atomic E-state index is -0.171. The van der Waals surface area contributed by atoms with E-state index in [9.17, 15) is 9.59 Å². The molecule has 0 unspecified atom stereocenters. The molecule has 0 aromatic heterocycles. The fourth-order valence-corrected chi connectivity index (χ4v) is 2.64. The van der Waals surface area contributed by atoms with Crippen molar-refractivity contribution in [3.05, 3.63) is 53.6 Å². The molecular weight excluding hydrogens is 318 g/mol. The number of ether oxygens (including phenoxy) is 2. The van der Waals surface area contributed by atoms with Gasteiger partial charge in [0.25, 0.3) is 0 Å². The molecule has 0 aliphatic carbocycles. The van der Waals surface area contributed by atoms with Crippen LogP contribution in [0.3, 0.4) is 0 Å². The summed E-state index contributed by atoms with van der Waals surface area (Å²) in [6.45, 7) is 3.07. The molecule has 0 atom stereocenters. The molecule has 25 heavy (non-hydrogen) atoms. The van der Waals surface area contributed by atoms with E-state index >= 15 is 0 Å². The van der Waals surface area contributed by atoms with Crippen molar-refractivity contribution in [1.82, 2.24) is 0 Å². The topological polar surface area (TPSA) is 64.6 Å². The highest BCUT2D eigenvalue weighted by molar-refractivity contribution is 6.00. The van der Waals surface area contributed by atoms with Crippen LogP contribution >= 0.6 is 0 Å². The number of rotatable bonds is 6. The number of hydrogen-bond donors (Lipinski definition) is 1. The van der Waals surface area contributed by atoms with Crippen molar-refractivity contribution >= 4 is 17.4 Å². The number of fused-ring (bicyclic) bond motifs is 1. The van der Waals surface area contributed by atoms with Crippen LogP contribution in [0.5, 0.6) is 11.5 Å². The molecule has 0 spiro atoms. The van der Waals surface area contributed by atoms with Gasteiger partial charge in [-0.05, 0) is 42.3 Å². The highest BCUT2D eigenvalue weighted by atomic mass is 16.6. The Morgan fingerprint density at radius 1 is 0.960 bits per heavy atom. The van der Waals surface area contributed by atoms with Gasteiger partial charge >= 0.3 is 0 Å². The first kappa shape index (κ1) is 17.0. The zero-order chi connectivity index (χ0) is 17.6. The number of nitrogens with one attached hydrogen (secondary N) is 1. The van der Waals surface area contributed by atoms with Crippen LogP contribution in [-0.4, -0.2) is 24.9 Å². The summed E-state index contributed by atoms with van der Waals surface area (Å²) in [4.78, 5) is 24.3. The number of aryl methyl sites for hydroxylation is 1. The number of anilines is 1. The summed E-state index contributed by atoms with van der Waals surface area (Å²) in [6, 6.07) is 12.8. The standard InChI is InChI=1S/C20H21NO4/c1-2-14-3-6-16(7-4-14)21-20(23)10-8-17(22)15-5-9-18-19(13-15)25-12-11-24-18/h3-7,9,13H,2,8,10-12H2,1H3,(H,21,23). The van der Waals surface area contributed by atoms with Crippen molar-refractivity contribution in [1.29, 1.82) is 0 Å². The van der Waals surface area contributed by atoms with Gasteiger partial charge in [0.15, 0.2) is 17.3 Å². The Hall–Kier alpha value is -2.82. The fraction of sp³-hybridized carbons (Fsp3) is 0.300. The molecule has 0 saturated heterocycles. The smallest absolute Gasteiger partial charge is 0.224 e. The lowest BCUT2D eigenvalue weighted by Crippen LogP contribution is -2.16. The summed E-state index contributed by atoms with van der Waals surface area (Å²) in [5.74, 6) is 0.970. The Bertz CT molecular complexity index is 768. The number of ketones is 1. The maximum absolute atomic E-state index is 12.3. The molecule has 0 fully saturated rings. The molecule has 1 aliphatic heterocycles. The van der Waals surface area contributed by atoms with Crippen LogP contribution < -0.4 is 14.8 Å². The first-order valence-corrected chi connectivity index (χ1v) is 8.47. The molecule has 130 valence electrons. The van der Waals surface area contributed by atoms with Crippen molar-refractivity contribution < 1.29 is 19.1 Å². The molecule has 1 heterocycles. The second-order valence-electron chi connectivity index (χ2n) is 5.88. The third kappa shape index (κ3) is 4.38. The van der Waals surface area contributed by atoms with Gasteiger partial charge in [-0.25, -0.2) is 0 Å². The third-order valence-electron chi connectivity index (χ3n) is 4.09. The predicted molar refractivity (Wildman–Crippen MR) is 95.4 cm³/mol. The molecule has 0 saturated carbocycles. The average Bonchev–Trinajstić information content (AvgIpc) is 2.66. The summed E-state index contributed by atoms with van der Waals surface area (Å²) in [5.41, 5.74) is 2.49. The molecule has 0 radical (unpaired) electrons. The van der Waals surface area contributed by atoms with E-state index in [1.54, 1.807) is 18.2 Å². The first-order valence-electron chi connectivity index (χ1n) is 8.47. The normalized spacial score (nSPS) is 12.5. The zero-order valence-corrected chi connectivity index (χ0v) is 14.2. The van der Waals surface area contributed by atoms with E-state index in [4.69, 9.17) is 9.47 Å². The highest BCUT2D eigenvalue weighted by Gasteiger charge is 2.15. The van der Waals surface area contributed by atoms with Gasteiger partial charge in [0.1, 0.15) is 13.2 Å². The monoisotopic (exact) mass is 339 g/mol. The van der Waals surface area contributed by atoms with E-state index in [0.717, 1.165) is 12.1 Å². The van der Waals surface area contributed by atoms with Crippen LogP contribution in [0.2, 0.25) is 0 Å². The van der Waals surface area contributed by atoms with Crippen LogP contribution in [0.15, 0.2) is 42.5 Å². The summed E-state index contributed by atoms with van der Waals surface area (Å²) in [6.07, 6.45) is 1.25. The Labute approximate surface area is 147 Å². The van der Waals surface area contributed by atoms with Crippen LogP contribution in [0, 0.1) is 0 Å². The molecule has 3 rings (SSSR count). The van der Waals surface area contributed by atoms with Crippen molar-refractivity contribution in [2.24, 2.45) is 0 Å². The van der Waals surface area contributed by atoms with Crippen molar-refractivity contribution in [2.75, 3.05) is 18.5 Å². The van der Waals surface area contributed by atoms with Gasteiger partial charge in [0.2, 0.25) is 5.91 Å². The summed E-state index contributed by atoms with van der Waals surface area (Å²) in [7, 11) is 0. The second kappa shape index (κ2) is 7.83. The van der Waals surface area contributed by atoms with Gasteiger partial charge in [0.05, 0.1) is 0 Å². The summed E-state index contributed by atoms with van der Waals surface area (Å²) in [5, 5.41) is 2.81. The molecule has 1 N–H and O–H groups in total. The predicted octanol–water partition coefficient (Wildman–Crippen LogP) is 3.62. The molecular formula is C20H21NO4. The molecule has 1 amide bonds. The van der Waals surface area contributed by atoms with Crippen LogP contribution in [0.25, 0.3) is 0 Å². The summed E-state index contributed by atoms with van der Waals surface area (Å²) >= 11 is 0. The van der Waals surface area contributed by atoms with Gasteiger partial charge in [0, 0.05) is 24.1 Å². The Kier molecular flexibility index (Phi) is 5.33. The van der Waals surface area contributed by atoms with Crippen molar-refractivity contribution in [2.45, 2.75) is 26.2 Å². The quantitative estimate of drug-likeness (QED) is 0.817. The largest absolute Gasteiger partial charge is 0.486 e. The SMILES string of the molecule is CCc1ccc(NC(=O)CCC(=O)c2ccc3c(c2)OCCO3)cc1. The van der Waals surface area contributed by atoms with E-state index in [2.05, 4.69) is 12.2 Å². The number of hydrogen-bond acceptors (Lipinski definition) is 4. The number of amides is 1. The maximum Gasteiger partial charge on any atom is 0.224 e. The summed E-state index contributed by atoms with van der Waals surface area (Å²) < 4.78 is 10.9. The molecule has 2 aromatic carbocycles. The molecule has 5 nitrogen and oxygen atoms in total. The molecule has 2 aromatic rings. The van der Waals surface area contributed by atoms with Crippen molar-refractivity contribution in [3.8, 4) is 11.5 Å². The molecule has 0 bridgehead atoms. The van der Waals surface area contributed by atoms with E-state index in [1.807, 2.05) is 24.3 Å². The lowest BCUT2D eigenvalue weighted by atomic mass is 10.1. The van der Waals surface area contributed by atoms with Gasteiger partial charge in [-0.1, -0.05) is 19.1 Å².